The normalized spacial score (nSPS) is 25.0. The zero-order valence-corrected chi connectivity index (χ0v) is 16.9. The van der Waals surface area contributed by atoms with E-state index in [1.54, 1.807) is 4.31 Å². The Morgan fingerprint density at radius 3 is 2.50 bits per heavy atom. The van der Waals surface area contributed by atoms with Crippen molar-refractivity contribution in [1.82, 2.24) is 4.31 Å². The van der Waals surface area contributed by atoms with Crippen LogP contribution in [0.25, 0.3) is 0 Å². The summed E-state index contributed by atoms with van der Waals surface area (Å²) < 4.78 is 28.1. The lowest BCUT2D eigenvalue weighted by Crippen LogP contribution is -2.37. The van der Waals surface area contributed by atoms with Crippen molar-refractivity contribution < 1.29 is 8.42 Å². The summed E-state index contributed by atoms with van der Waals surface area (Å²) in [7, 11) is -3.29. The fraction of sp³-hybridized carbons (Fsp3) is 0.636. The fourth-order valence-electron chi connectivity index (χ4n) is 4.41. The molecule has 2 bridgehead atoms. The van der Waals surface area contributed by atoms with Crippen molar-refractivity contribution in [2.24, 2.45) is 5.92 Å². The molecule has 0 fully saturated rings. The highest BCUT2D eigenvalue weighted by atomic mass is 32.2. The number of rotatable bonds is 6. The zero-order valence-electron chi connectivity index (χ0n) is 16.1. The van der Waals surface area contributed by atoms with E-state index in [-0.39, 0.29) is 11.8 Å². The summed E-state index contributed by atoms with van der Waals surface area (Å²) in [6.07, 6.45) is 13.1. The van der Waals surface area contributed by atoms with Crippen LogP contribution in [0.2, 0.25) is 0 Å². The summed E-state index contributed by atoms with van der Waals surface area (Å²) >= 11 is 0. The van der Waals surface area contributed by atoms with Gasteiger partial charge in [0, 0.05) is 12.6 Å². The van der Waals surface area contributed by atoms with Gasteiger partial charge in [-0.25, -0.2) is 8.42 Å². The molecule has 0 amide bonds. The predicted molar refractivity (Wildman–Crippen MR) is 108 cm³/mol. The second-order valence-electron chi connectivity index (χ2n) is 7.93. The number of hydrogen-bond donors (Lipinski definition) is 0. The molecule has 3 rings (SSSR count). The molecule has 2 unspecified atom stereocenters. The molecular formula is C22H33NO2S. The van der Waals surface area contributed by atoms with Crippen LogP contribution in [0.15, 0.2) is 42.0 Å². The number of sulfonamides is 1. The Kier molecular flexibility index (Phi) is 6.93. The highest BCUT2D eigenvalue weighted by Gasteiger charge is 2.36. The van der Waals surface area contributed by atoms with Crippen molar-refractivity contribution in [1.29, 1.82) is 0 Å². The standard InChI is InChI=1S/C22H33NO2S/c1-2-3-13-20-14-9-4-5-10-15-22-16-21(20)17-23(22)26(24,25)18-19-11-7-6-8-12-19/h6-8,11-12,16,20,22H,2-5,9-10,13-15,17-18H2,1H3. The maximum atomic E-state index is 13.2. The highest BCUT2D eigenvalue weighted by molar-refractivity contribution is 7.88. The lowest BCUT2D eigenvalue weighted by molar-refractivity contribution is 0.379. The van der Waals surface area contributed by atoms with Crippen LogP contribution < -0.4 is 0 Å². The van der Waals surface area contributed by atoms with Gasteiger partial charge in [-0.1, -0.05) is 87.4 Å². The van der Waals surface area contributed by atoms with Gasteiger partial charge in [0.2, 0.25) is 10.0 Å². The van der Waals surface area contributed by atoms with Gasteiger partial charge in [0.1, 0.15) is 0 Å². The van der Waals surface area contributed by atoms with E-state index in [4.69, 9.17) is 0 Å². The molecule has 0 saturated heterocycles. The van der Waals surface area contributed by atoms with Gasteiger partial charge in [-0.15, -0.1) is 0 Å². The van der Waals surface area contributed by atoms with Crippen LogP contribution in [0, 0.1) is 5.92 Å². The van der Waals surface area contributed by atoms with Crippen molar-refractivity contribution in [2.75, 3.05) is 6.54 Å². The third-order valence-electron chi connectivity index (χ3n) is 5.90. The Labute approximate surface area is 159 Å². The molecule has 1 aliphatic carbocycles. The Morgan fingerprint density at radius 2 is 1.77 bits per heavy atom. The minimum Gasteiger partial charge on any atom is -0.212 e. The maximum Gasteiger partial charge on any atom is 0.219 e. The monoisotopic (exact) mass is 375 g/mol. The lowest BCUT2D eigenvalue weighted by Gasteiger charge is -2.24. The van der Waals surface area contributed by atoms with Gasteiger partial charge >= 0.3 is 0 Å². The van der Waals surface area contributed by atoms with Gasteiger partial charge in [0.05, 0.1) is 5.75 Å². The van der Waals surface area contributed by atoms with E-state index < -0.39 is 10.0 Å². The van der Waals surface area contributed by atoms with Crippen LogP contribution in [0.5, 0.6) is 0 Å². The molecule has 1 heterocycles. The Bertz CT molecular complexity index is 696. The quantitative estimate of drug-likeness (QED) is 0.634. The average molecular weight is 376 g/mol. The Morgan fingerprint density at radius 1 is 1.04 bits per heavy atom. The summed E-state index contributed by atoms with van der Waals surface area (Å²) in [6.45, 7) is 2.86. The van der Waals surface area contributed by atoms with Crippen LogP contribution in [0.3, 0.4) is 0 Å². The first kappa shape index (κ1) is 19.6. The third kappa shape index (κ3) is 4.98. The fourth-order valence-corrected chi connectivity index (χ4v) is 6.11. The molecule has 26 heavy (non-hydrogen) atoms. The second kappa shape index (κ2) is 9.18. The van der Waals surface area contributed by atoms with Crippen molar-refractivity contribution in [3.05, 3.63) is 47.5 Å². The van der Waals surface area contributed by atoms with Crippen molar-refractivity contribution >= 4 is 10.0 Å². The lowest BCUT2D eigenvalue weighted by atomic mass is 9.87. The molecule has 0 saturated carbocycles. The molecule has 0 radical (unpaired) electrons. The Balaban J connectivity index is 1.78. The number of fused-ring (bicyclic) bond motifs is 1. The van der Waals surface area contributed by atoms with E-state index in [9.17, 15) is 8.42 Å². The summed E-state index contributed by atoms with van der Waals surface area (Å²) in [4.78, 5) is 0. The van der Waals surface area contributed by atoms with E-state index in [1.807, 2.05) is 30.3 Å². The summed E-state index contributed by atoms with van der Waals surface area (Å²) in [5.74, 6) is 0.693. The van der Waals surface area contributed by atoms with Crippen molar-refractivity contribution in [2.45, 2.75) is 76.5 Å². The van der Waals surface area contributed by atoms with E-state index in [0.29, 0.717) is 12.5 Å². The molecule has 3 nitrogen and oxygen atoms in total. The van der Waals surface area contributed by atoms with Gasteiger partial charge in [-0.3, -0.25) is 0 Å². The smallest absolute Gasteiger partial charge is 0.212 e. The third-order valence-corrected chi connectivity index (χ3v) is 7.71. The highest BCUT2D eigenvalue weighted by Crippen LogP contribution is 2.35. The minimum atomic E-state index is -3.29. The number of unbranched alkanes of at least 4 members (excludes halogenated alkanes) is 1. The first-order valence-electron chi connectivity index (χ1n) is 10.3. The Hall–Kier alpha value is -1.13. The van der Waals surface area contributed by atoms with Crippen molar-refractivity contribution in [3.8, 4) is 0 Å². The molecule has 144 valence electrons. The molecule has 2 atom stereocenters. The molecule has 4 heteroatoms. The number of benzene rings is 1. The van der Waals surface area contributed by atoms with E-state index >= 15 is 0 Å². The molecule has 0 N–H and O–H groups in total. The molecule has 1 aromatic carbocycles. The van der Waals surface area contributed by atoms with E-state index in [0.717, 1.165) is 18.4 Å². The molecule has 0 spiro atoms. The van der Waals surface area contributed by atoms with Crippen LogP contribution in [0.1, 0.15) is 70.3 Å². The summed E-state index contributed by atoms with van der Waals surface area (Å²) in [5, 5.41) is 0. The van der Waals surface area contributed by atoms with Crippen LogP contribution in [-0.4, -0.2) is 25.3 Å². The molecule has 2 aliphatic rings. The largest absolute Gasteiger partial charge is 0.219 e. The van der Waals surface area contributed by atoms with Gasteiger partial charge in [-0.05, 0) is 30.7 Å². The first-order valence-corrected chi connectivity index (χ1v) is 11.9. The molecular weight excluding hydrogens is 342 g/mol. The maximum absolute atomic E-state index is 13.2. The van der Waals surface area contributed by atoms with Crippen LogP contribution >= 0.6 is 0 Å². The predicted octanol–water partition coefficient (Wildman–Crippen LogP) is 5.29. The molecule has 1 aliphatic heterocycles. The van der Waals surface area contributed by atoms with Gasteiger partial charge in [0.15, 0.2) is 0 Å². The topological polar surface area (TPSA) is 37.4 Å². The van der Waals surface area contributed by atoms with Crippen LogP contribution in [-0.2, 0) is 15.8 Å². The number of hydrogen-bond acceptors (Lipinski definition) is 2. The van der Waals surface area contributed by atoms with E-state index in [2.05, 4.69) is 13.0 Å². The number of nitrogens with zero attached hydrogens (tertiary/aromatic N) is 1. The summed E-state index contributed by atoms with van der Waals surface area (Å²) in [6, 6.07) is 9.66. The zero-order chi connectivity index (χ0) is 18.4. The van der Waals surface area contributed by atoms with Gasteiger partial charge in [-0.2, -0.15) is 4.31 Å². The van der Waals surface area contributed by atoms with Gasteiger partial charge in [0.25, 0.3) is 0 Å². The average Bonchev–Trinajstić information content (AvgIpc) is 3.05. The minimum absolute atomic E-state index is 0.0703. The van der Waals surface area contributed by atoms with Crippen molar-refractivity contribution in [3.63, 3.8) is 0 Å². The van der Waals surface area contributed by atoms with E-state index in [1.165, 1.54) is 50.5 Å². The molecule has 1 aromatic rings. The SMILES string of the molecule is CCCCC1CCCCCCC2C=C1CN2S(=O)(=O)Cc1ccccc1. The van der Waals surface area contributed by atoms with Crippen LogP contribution in [0.4, 0.5) is 0 Å². The summed E-state index contributed by atoms with van der Waals surface area (Å²) in [5.41, 5.74) is 2.27. The molecule has 0 aromatic heterocycles. The first-order chi connectivity index (χ1) is 12.6. The van der Waals surface area contributed by atoms with Gasteiger partial charge < -0.3 is 0 Å². The second-order valence-corrected chi connectivity index (χ2v) is 9.85.